The molecular formula is C7H14N2O. The quantitative estimate of drug-likeness (QED) is 0.498. The van der Waals surface area contributed by atoms with Gasteiger partial charge in [0.15, 0.2) is 0 Å². The highest BCUT2D eigenvalue weighted by Gasteiger charge is 2.25. The zero-order valence-corrected chi connectivity index (χ0v) is 6.58. The minimum Gasteiger partial charge on any atom is -0.302 e. The largest absolute Gasteiger partial charge is 0.302 e. The van der Waals surface area contributed by atoms with E-state index in [1.807, 2.05) is 7.05 Å². The molecule has 10 heavy (non-hydrogen) atoms. The smallest absolute Gasteiger partial charge is 0.138 e. The molecule has 0 aromatic rings. The van der Waals surface area contributed by atoms with E-state index in [0.29, 0.717) is 0 Å². The van der Waals surface area contributed by atoms with Gasteiger partial charge >= 0.3 is 0 Å². The summed E-state index contributed by atoms with van der Waals surface area (Å²) in [5, 5.41) is 0. The number of hydrogen-bond donors (Lipinski definition) is 0. The molecule has 0 saturated carbocycles. The summed E-state index contributed by atoms with van der Waals surface area (Å²) in [5.41, 5.74) is 0. The lowest BCUT2D eigenvalue weighted by molar-refractivity contribution is -0.110. The first-order chi connectivity index (χ1) is 4.77. The molecule has 1 unspecified atom stereocenters. The zero-order valence-electron chi connectivity index (χ0n) is 6.58. The molecule has 0 bridgehead atoms. The molecule has 3 nitrogen and oxygen atoms in total. The third kappa shape index (κ3) is 1.36. The van der Waals surface area contributed by atoms with Gasteiger partial charge in [0.1, 0.15) is 6.29 Å². The molecule has 0 radical (unpaired) electrons. The van der Waals surface area contributed by atoms with Crippen molar-refractivity contribution in [1.29, 1.82) is 0 Å². The van der Waals surface area contributed by atoms with Gasteiger partial charge in [-0.1, -0.05) is 6.92 Å². The second-order valence-electron chi connectivity index (χ2n) is 2.77. The Kier molecular flexibility index (Phi) is 2.40. The minimum atomic E-state index is 0.125. The fraction of sp³-hybridized carbons (Fsp3) is 0.857. The molecule has 1 aliphatic heterocycles. The van der Waals surface area contributed by atoms with Crippen molar-refractivity contribution in [3.8, 4) is 0 Å². The maximum Gasteiger partial charge on any atom is 0.138 e. The Hall–Kier alpha value is -0.410. The van der Waals surface area contributed by atoms with E-state index in [1.165, 1.54) is 0 Å². The van der Waals surface area contributed by atoms with Crippen LogP contribution in [-0.4, -0.2) is 48.9 Å². The van der Waals surface area contributed by atoms with Crippen molar-refractivity contribution in [3.05, 3.63) is 0 Å². The average molecular weight is 142 g/mol. The van der Waals surface area contributed by atoms with E-state index in [1.54, 1.807) is 0 Å². The van der Waals surface area contributed by atoms with E-state index in [4.69, 9.17) is 0 Å². The monoisotopic (exact) mass is 142 g/mol. The maximum absolute atomic E-state index is 10.4. The Morgan fingerprint density at radius 1 is 1.70 bits per heavy atom. The number of hydrogen-bond acceptors (Lipinski definition) is 3. The van der Waals surface area contributed by atoms with Crippen LogP contribution in [0.2, 0.25) is 0 Å². The number of carbonyl (C=O) groups is 1. The predicted molar refractivity (Wildman–Crippen MR) is 39.7 cm³/mol. The predicted octanol–water partition coefficient (Wildman–Crippen LogP) is -0.221. The van der Waals surface area contributed by atoms with E-state index in [9.17, 15) is 4.79 Å². The molecule has 1 fully saturated rings. The van der Waals surface area contributed by atoms with Crippen molar-refractivity contribution in [2.75, 3.05) is 26.8 Å². The zero-order chi connectivity index (χ0) is 7.56. The fourth-order valence-electron chi connectivity index (χ4n) is 1.26. The summed E-state index contributed by atoms with van der Waals surface area (Å²) in [6.07, 6.45) is 1.02. The summed E-state index contributed by atoms with van der Waals surface area (Å²) in [4.78, 5) is 14.7. The lowest BCUT2D eigenvalue weighted by Crippen LogP contribution is -2.27. The highest BCUT2D eigenvalue weighted by atomic mass is 16.1. The van der Waals surface area contributed by atoms with E-state index < -0.39 is 0 Å². The lowest BCUT2D eigenvalue weighted by atomic mass is 10.3. The number of aldehydes is 1. The maximum atomic E-state index is 10.4. The first-order valence-electron chi connectivity index (χ1n) is 3.65. The van der Waals surface area contributed by atoms with Crippen LogP contribution in [0.4, 0.5) is 0 Å². The molecule has 1 atom stereocenters. The van der Waals surface area contributed by atoms with E-state index >= 15 is 0 Å². The lowest BCUT2D eigenvalue weighted by Gasteiger charge is -2.11. The summed E-state index contributed by atoms with van der Waals surface area (Å²) < 4.78 is 0. The summed E-state index contributed by atoms with van der Waals surface area (Å²) in [6, 6.07) is 0.125. The summed E-state index contributed by atoms with van der Waals surface area (Å²) in [7, 11) is 1.98. The molecule has 1 heterocycles. The van der Waals surface area contributed by atoms with E-state index in [0.717, 1.165) is 26.0 Å². The Morgan fingerprint density at radius 3 is 2.70 bits per heavy atom. The van der Waals surface area contributed by atoms with Crippen LogP contribution in [0, 0.1) is 0 Å². The summed E-state index contributed by atoms with van der Waals surface area (Å²) in [5.74, 6) is 0. The summed E-state index contributed by atoms with van der Waals surface area (Å²) >= 11 is 0. The number of nitrogens with zero attached hydrogens (tertiary/aromatic N) is 2. The van der Waals surface area contributed by atoms with Gasteiger partial charge in [-0.15, -0.1) is 0 Å². The van der Waals surface area contributed by atoms with E-state index in [-0.39, 0.29) is 6.04 Å². The topological polar surface area (TPSA) is 23.6 Å². The molecule has 0 aromatic heterocycles. The number of rotatable bonds is 2. The minimum absolute atomic E-state index is 0.125. The van der Waals surface area contributed by atoms with Crippen LogP contribution < -0.4 is 0 Å². The van der Waals surface area contributed by atoms with Crippen molar-refractivity contribution in [2.45, 2.75) is 13.0 Å². The van der Waals surface area contributed by atoms with Gasteiger partial charge < -0.3 is 4.79 Å². The van der Waals surface area contributed by atoms with Crippen LogP contribution >= 0.6 is 0 Å². The molecule has 1 saturated heterocycles. The van der Waals surface area contributed by atoms with Crippen molar-refractivity contribution in [3.63, 3.8) is 0 Å². The van der Waals surface area contributed by atoms with Crippen molar-refractivity contribution < 1.29 is 4.79 Å². The molecule has 0 spiro atoms. The van der Waals surface area contributed by atoms with Gasteiger partial charge in [0.05, 0.1) is 12.7 Å². The molecular weight excluding hydrogens is 128 g/mol. The van der Waals surface area contributed by atoms with Gasteiger partial charge in [-0.25, -0.2) is 0 Å². The van der Waals surface area contributed by atoms with Crippen LogP contribution in [0.5, 0.6) is 0 Å². The van der Waals surface area contributed by atoms with Crippen molar-refractivity contribution in [1.82, 2.24) is 9.80 Å². The van der Waals surface area contributed by atoms with Crippen LogP contribution in [0.3, 0.4) is 0 Å². The standard InChI is InChI=1S/C7H14N2O/c1-3-9-4-7(5-10)8(2)6-9/h5,7H,3-4,6H2,1-2H3. The first-order valence-corrected chi connectivity index (χ1v) is 3.65. The molecule has 1 aliphatic rings. The van der Waals surface area contributed by atoms with Crippen LogP contribution in [0.15, 0.2) is 0 Å². The number of likely N-dealkylation sites (N-methyl/N-ethyl adjacent to an activating group) is 2. The third-order valence-electron chi connectivity index (χ3n) is 2.04. The van der Waals surface area contributed by atoms with Gasteiger partial charge in [0, 0.05) is 6.54 Å². The second-order valence-corrected chi connectivity index (χ2v) is 2.77. The first kappa shape index (κ1) is 7.69. The normalized spacial score (nSPS) is 29.2. The van der Waals surface area contributed by atoms with E-state index in [2.05, 4.69) is 16.7 Å². The number of carbonyl (C=O) groups excluding carboxylic acids is 1. The Balaban J connectivity index is 2.43. The van der Waals surface area contributed by atoms with Crippen LogP contribution in [0.25, 0.3) is 0 Å². The van der Waals surface area contributed by atoms with Crippen molar-refractivity contribution >= 4 is 6.29 Å². The molecule has 0 aliphatic carbocycles. The van der Waals surface area contributed by atoms with Gasteiger partial charge in [-0.2, -0.15) is 0 Å². The molecule has 58 valence electrons. The van der Waals surface area contributed by atoms with Gasteiger partial charge in [-0.05, 0) is 13.6 Å². The van der Waals surface area contributed by atoms with Gasteiger partial charge in [0.25, 0.3) is 0 Å². The Morgan fingerprint density at radius 2 is 2.40 bits per heavy atom. The fourth-order valence-corrected chi connectivity index (χ4v) is 1.26. The Bertz CT molecular complexity index is 127. The molecule has 3 heteroatoms. The molecule has 0 amide bonds. The highest BCUT2D eigenvalue weighted by Crippen LogP contribution is 2.07. The molecule has 0 aromatic carbocycles. The van der Waals surface area contributed by atoms with Crippen LogP contribution in [-0.2, 0) is 4.79 Å². The van der Waals surface area contributed by atoms with Crippen LogP contribution in [0.1, 0.15) is 6.92 Å². The second kappa shape index (κ2) is 3.12. The van der Waals surface area contributed by atoms with Gasteiger partial charge in [-0.3, -0.25) is 9.80 Å². The SMILES string of the molecule is CCN1CC(C=O)N(C)C1. The average Bonchev–Trinajstić information content (AvgIpc) is 2.30. The highest BCUT2D eigenvalue weighted by molar-refractivity contribution is 5.58. The Labute approximate surface area is 61.6 Å². The van der Waals surface area contributed by atoms with Gasteiger partial charge in [0.2, 0.25) is 0 Å². The summed E-state index contributed by atoms with van der Waals surface area (Å²) in [6.45, 7) is 4.98. The molecule has 0 N–H and O–H groups in total. The third-order valence-corrected chi connectivity index (χ3v) is 2.04. The van der Waals surface area contributed by atoms with Crippen molar-refractivity contribution in [2.24, 2.45) is 0 Å². The molecule has 1 rings (SSSR count).